The van der Waals surface area contributed by atoms with E-state index in [9.17, 15) is 9.18 Å². The molecule has 2 aromatic heterocycles. The average molecular weight is 356 g/mol. The predicted molar refractivity (Wildman–Crippen MR) is 102 cm³/mol. The minimum atomic E-state index is -0.454. The summed E-state index contributed by atoms with van der Waals surface area (Å²) in [5, 5.41) is 0.443. The predicted octanol–water partition coefficient (Wildman–Crippen LogP) is 4.07. The maximum absolute atomic E-state index is 14.5. The molecule has 3 aromatic carbocycles. The number of para-hydroxylation sites is 3. The van der Waals surface area contributed by atoms with Crippen molar-refractivity contribution in [1.82, 2.24) is 19.5 Å². The number of rotatable bonds is 2. The molecule has 0 radical (unpaired) electrons. The average Bonchev–Trinajstić information content (AvgIpc) is 3.12. The van der Waals surface area contributed by atoms with Gasteiger partial charge in [-0.3, -0.25) is 4.79 Å². The van der Waals surface area contributed by atoms with Gasteiger partial charge < -0.3 is 4.98 Å². The van der Waals surface area contributed by atoms with Crippen LogP contribution in [-0.2, 0) is 0 Å². The first kappa shape index (κ1) is 15.5. The van der Waals surface area contributed by atoms with Gasteiger partial charge in [0.1, 0.15) is 5.82 Å². The lowest BCUT2D eigenvalue weighted by atomic mass is 10.1. The molecule has 130 valence electrons. The van der Waals surface area contributed by atoms with E-state index >= 15 is 0 Å². The van der Waals surface area contributed by atoms with Crippen LogP contribution in [0.4, 0.5) is 4.39 Å². The Morgan fingerprint density at radius 2 is 1.52 bits per heavy atom. The first-order chi connectivity index (χ1) is 13.2. The van der Waals surface area contributed by atoms with Crippen molar-refractivity contribution in [1.29, 1.82) is 0 Å². The standard InChI is InChI=1S/C21H13FN4O/c22-15-9-3-1-7-13(15)19-23-16-10-4-2-8-14(16)20(27)26(19)21-24-17-11-5-6-12-18(17)25-21/h1-12H,(H,24,25). The second-order valence-electron chi connectivity index (χ2n) is 6.15. The van der Waals surface area contributed by atoms with Crippen molar-refractivity contribution in [2.45, 2.75) is 0 Å². The summed E-state index contributed by atoms with van der Waals surface area (Å²) in [6.45, 7) is 0. The third-order valence-electron chi connectivity index (χ3n) is 4.48. The molecule has 0 aliphatic carbocycles. The highest BCUT2D eigenvalue weighted by Crippen LogP contribution is 2.24. The fourth-order valence-electron chi connectivity index (χ4n) is 3.20. The van der Waals surface area contributed by atoms with Crippen molar-refractivity contribution in [2.24, 2.45) is 0 Å². The van der Waals surface area contributed by atoms with Crippen LogP contribution >= 0.6 is 0 Å². The van der Waals surface area contributed by atoms with Crippen molar-refractivity contribution in [3.63, 3.8) is 0 Å². The Hall–Kier alpha value is -3.80. The number of aromatic nitrogens is 4. The lowest BCUT2D eigenvalue weighted by Gasteiger charge is -2.12. The summed E-state index contributed by atoms with van der Waals surface area (Å²) >= 11 is 0. The maximum Gasteiger partial charge on any atom is 0.268 e. The molecule has 0 unspecified atom stereocenters. The number of fused-ring (bicyclic) bond motifs is 2. The van der Waals surface area contributed by atoms with Crippen molar-refractivity contribution in [3.8, 4) is 17.3 Å². The molecule has 6 heteroatoms. The molecule has 0 amide bonds. The zero-order chi connectivity index (χ0) is 18.4. The van der Waals surface area contributed by atoms with Gasteiger partial charge in [0.15, 0.2) is 5.82 Å². The highest BCUT2D eigenvalue weighted by atomic mass is 19.1. The topological polar surface area (TPSA) is 63.6 Å². The van der Waals surface area contributed by atoms with Gasteiger partial charge >= 0.3 is 0 Å². The van der Waals surface area contributed by atoms with Gasteiger partial charge in [-0.1, -0.05) is 36.4 Å². The van der Waals surface area contributed by atoms with Crippen molar-refractivity contribution < 1.29 is 4.39 Å². The lowest BCUT2D eigenvalue weighted by molar-refractivity contribution is 0.629. The molecule has 0 saturated heterocycles. The summed E-state index contributed by atoms with van der Waals surface area (Å²) in [6, 6.07) is 20.7. The minimum Gasteiger partial charge on any atom is -0.323 e. The van der Waals surface area contributed by atoms with Gasteiger partial charge in [0.25, 0.3) is 5.56 Å². The first-order valence-electron chi connectivity index (χ1n) is 8.44. The van der Waals surface area contributed by atoms with E-state index in [0.29, 0.717) is 22.4 Å². The van der Waals surface area contributed by atoms with Gasteiger partial charge in [-0.05, 0) is 36.4 Å². The third kappa shape index (κ3) is 2.42. The van der Waals surface area contributed by atoms with Crippen LogP contribution < -0.4 is 5.56 Å². The largest absolute Gasteiger partial charge is 0.323 e. The number of aromatic amines is 1. The lowest BCUT2D eigenvalue weighted by Crippen LogP contribution is -2.23. The van der Waals surface area contributed by atoms with E-state index in [-0.39, 0.29) is 16.9 Å². The van der Waals surface area contributed by atoms with Crippen LogP contribution in [0.25, 0.3) is 39.3 Å². The van der Waals surface area contributed by atoms with Crippen molar-refractivity contribution >= 4 is 21.9 Å². The van der Waals surface area contributed by atoms with Gasteiger partial charge in [0.2, 0.25) is 5.95 Å². The van der Waals surface area contributed by atoms with Crippen molar-refractivity contribution in [3.05, 3.63) is 89.0 Å². The molecule has 0 bridgehead atoms. The molecule has 27 heavy (non-hydrogen) atoms. The quantitative estimate of drug-likeness (QED) is 0.519. The molecule has 0 saturated carbocycles. The van der Waals surface area contributed by atoms with Gasteiger partial charge in [-0.2, -0.15) is 0 Å². The van der Waals surface area contributed by atoms with E-state index in [1.807, 2.05) is 24.3 Å². The molecule has 5 rings (SSSR count). The van der Waals surface area contributed by atoms with E-state index in [4.69, 9.17) is 0 Å². The Kier molecular flexibility index (Phi) is 3.36. The molecule has 2 heterocycles. The number of nitrogens with zero attached hydrogens (tertiary/aromatic N) is 3. The number of imidazole rings is 1. The number of H-pyrrole nitrogens is 1. The summed E-state index contributed by atoms with van der Waals surface area (Å²) < 4.78 is 15.9. The van der Waals surface area contributed by atoms with Gasteiger partial charge in [-0.15, -0.1) is 0 Å². The highest BCUT2D eigenvalue weighted by Gasteiger charge is 2.19. The van der Waals surface area contributed by atoms with E-state index in [1.165, 1.54) is 10.6 Å². The summed E-state index contributed by atoms with van der Waals surface area (Å²) in [4.78, 5) is 25.5. The molecular formula is C21H13FN4O. The van der Waals surface area contributed by atoms with Gasteiger partial charge in [-0.25, -0.2) is 18.9 Å². The second kappa shape index (κ2) is 5.88. The van der Waals surface area contributed by atoms with Gasteiger partial charge in [0, 0.05) is 0 Å². The molecule has 0 atom stereocenters. The smallest absolute Gasteiger partial charge is 0.268 e. The number of halogens is 1. The van der Waals surface area contributed by atoms with Crippen LogP contribution in [0.2, 0.25) is 0 Å². The van der Waals surface area contributed by atoms with Gasteiger partial charge in [0.05, 0.1) is 27.5 Å². The Bertz CT molecular complexity index is 1340. The van der Waals surface area contributed by atoms with Crippen LogP contribution in [0.1, 0.15) is 0 Å². The molecule has 0 aliphatic heterocycles. The van der Waals surface area contributed by atoms with Crippen LogP contribution in [0.3, 0.4) is 0 Å². The number of hydrogen-bond acceptors (Lipinski definition) is 3. The zero-order valence-electron chi connectivity index (χ0n) is 14.1. The third-order valence-corrected chi connectivity index (χ3v) is 4.48. The monoisotopic (exact) mass is 356 g/mol. The number of nitrogens with one attached hydrogen (secondary N) is 1. The van der Waals surface area contributed by atoms with E-state index in [1.54, 1.807) is 42.5 Å². The SMILES string of the molecule is O=c1c2ccccc2nc(-c2ccccc2F)n1-c1nc2ccccc2[nH]1. The van der Waals surface area contributed by atoms with Crippen molar-refractivity contribution in [2.75, 3.05) is 0 Å². The molecular weight excluding hydrogens is 343 g/mol. The number of benzene rings is 3. The fourth-order valence-corrected chi connectivity index (χ4v) is 3.20. The summed E-state index contributed by atoms with van der Waals surface area (Å²) in [6.07, 6.45) is 0. The zero-order valence-corrected chi connectivity index (χ0v) is 14.1. The first-order valence-corrected chi connectivity index (χ1v) is 8.44. The minimum absolute atomic E-state index is 0.204. The van der Waals surface area contributed by atoms with Crippen LogP contribution in [0, 0.1) is 5.82 Å². The van der Waals surface area contributed by atoms with E-state index < -0.39 is 5.82 Å². The molecule has 1 N–H and O–H groups in total. The van der Waals surface area contributed by atoms with Crippen LogP contribution in [-0.4, -0.2) is 19.5 Å². The normalized spacial score (nSPS) is 11.3. The highest BCUT2D eigenvalue weighted by molar-refractivity contribution is 5.81. The van der Waals surface area contributed by atoms with Crippen LogP contribution in [0.15, 0.2) is 77.6 Å². The molecule has 5 aromatic rings. The molecule has 5 nitrogen and oxygen atoms in total. The van der Waals surface area contributed by atoms with Crippen LogP contribution in [0.5, 0.6) is 0 Å². The Balaban J connectivity index is 1.92. The molecule has 0 spiro atoms. The summed E-state index contributed by atoms with van der Waals surface area (Å²) in [7, 11) is 0. The maximum atomic E-state index is 14.5. The fraction of sp³-hybridized carbons (Fsp3) is 0. The Morgan fingerprint density at radius 3 is 2.33 bits per heavy atom. The second-order valence-corrected chi connectivity index (χ2v) is 6.15. The molecule has 0 fully saturated rings. The Labute approximate surface area is 152 Å². The summed E-state index contributed by atoms with van der Waals surface area (Å²) in [5.41, 5.74) is 1.94. The number of hydrogen-bond donors (Lipinski definition) is 1. The van der Waals surface area contributed by atoms with E-state index in [2.05, 4.69) is 15.0 Å². The molecule has 0 aliphatic rings. The summed E-state index contributed by atoms with van der Waals surface area (Å²) in [5.74, 6) is 0.0538. The van der Waals surface area contributed by atoms with E-state index in [0.717, 1.165) is 5.52 Å². The Morgan fingerprint density at radius 1 is 0.815 bits per heavy atom.